The van der Waals surface area contributed by atoms with Crippen molar-refractivity contribution in [2.24, 2.45) is 0 Å². The second-order valence-corrected chi connectivity index (χ2v) is 14.4. The number of thiophene rings is 1. The Morgan fingerprint density at radius 2 is 1.45 bits per heavy atom. The van der Waals surface area contributed by atoms with Gasteiger partial charge in [-0.1, -0.05) is 117 Å². The van der Waals surface area contributed by atoms with Crippen LogP contribution in [0.4, 0.5) is 11.4 Å². The van der Waals surface area contributed by atoms with Gasteiger partial charge in [-0.2, -0.15) is 0 Å². The number of benzene rings is 5. The molecule has 0 saturated carbocycles. The van der Waals surface area contributed by atoms with Gasteiger partial charge in [-0.15, -0.1) is 11.3 Å². The Labute approximate surface area is 278 Å². The number of anilines is 2. The highest BCUT2D eigenvalue weighted by Gasteiger charge is 2.47. The molecule has 3 heterocycles. The average molecular weight is 622 g/mol. The molecular formula is C43H31N3S. The van der Waals surface area contributed by atoms with Crippen LogP contribution in [0.5, 0.6) is 0 Å². The van der Waals surface area contributed by atoms with Crippen molar-refractivity contribution >= 4 is 39.7 Å². The Kier molecular flexibility index (Phi) is 5.62. The quantitative estimate of drug-likeness (QED) is 0.197. The van der Waals surface area contributed by atoms with E-state index in [-0.39, 0.29) is 11.5 Å². The minimum Gasteiger partial charge on any atom is -0.332 e. The standard InChI is InChI=1S/C43H31N3S/c1-43(2)34-17-9-6-15-31(34)40-37(43)33-25-24-30-29-14-8-11-19-36(29)46(39(30)41(33)47-40)28-22-20-27(21-23-28)42-44-35-18-10-7-16-32(35)38(45-42)26-12-4-3-5-13-26/h3-25,30,39H,1-2H3. The summed E-state index contributed by atoms with van der Waals surface area (Å²) in [5.74, 6) is 1.04. The summed E-state index contributed by atoms with van der Waals surface area (Å²) in [4.78, 5) is 15.6. The third-order valence-electron chi connectivity index (χ3n) is 10.4. The van der Waals surface area contributed by atoms with Crippen LogP contribution in [-0.2, 0) is 5.41 Å². The van der Waals surface area contributed by atoms with E-state index < -0.39 is 0 Å². The number of nitrogens with zero attached hydrogens (tertiary/aromatic N) is 3. The highest BCUT2D eigenvalue weighted by Crippen LogP contribution is 2.62. The lowest BCUT2D eigenvalue weighted by atomic mass is 9.78. The summed E-state index contributed by atoms with van der Waals surface area (Å²) in [6.07, 6.45) is 4.88. The second kappa shape index (κ2) is 9.84. The van der Waals surface area contributed by atoms with E-state index in [4.69, 9.17) is 9.97 Å². The first-order valence-electron chi connectivity index (χ1n) is 16.3. The van der Waals surface area contributed by atoms with E-state index in [9.17, 15) is 0 Å². The summed E-state index contributed by atoms with van der Waals surface area (Å²) in [5.41, 5.74) is 13.6. The van der Waals surface area contributed by atoms with E-state index in [1.54, 1.807) is 0 Å². The molecule has 0 bridgehead atoms. The summed E-state index contributed by atoms with van der Waals surface area (Å²) in [7, 11) is 0. The molecule has 2 aromatic heterocycles. The van der Waals surface area contributed by atoms with Crippen molar-refractivity contribution < 1.29 is 0 Å². The van der Waals surface area contributed by atoms with Crippen molar-refractivity contribution in [3.63, 3.8) is 0 Å². The number of fused-ring (bicyclic) bond motifs is 10. The first-order valence-corrected chi connectivity index (χ1v) is 17.2. The fourth-order valence-corrected chi connectivity index (χ4v) is 9.90. The van der Waals surface area contributed by atoms with E-state index >= 15 is 0 Å². The second-order valence-electron chi connectivity index (χ2n) is 13.3. The molecule has 3 aliphatic rings. The largest absolute Gasteiger partial charge is 0.332 e. The number of rotatable bonds is 3. The zero-order chi connectivity index (χ0) is 31.3. The number of aromatic nitrogens is 2. The molecule has 47 heavy (non-hydrogen) atoms. The van der Waals surface area contributed by atoms with Gasteiger partial charge in [0.05, 0.1) is 17.3 Å². The smallest absolute Gasteiger partial charge is 0.160 e. The lowest BCUT2D eigenvalue weighted by Gasteiger charge is -2.33. The monoisotopic (exact) mass is 621 g/mol. The molecule has 5 aromatic carbocycles. The molecule has 2 atom stereocenters. The van der Waals surface area contributed by atoms with Crippen LogP contribution in [0.25, 0.3) is 50.1 Å². The van der Waals surface area contributed by atoms with Gasteiger partial charge in [0, 0.05) is 49.0 Å². The summed E-state index contributed by atoms with van der Waals surface area (Å²) >= 11 is 2.00. The summed E-state index contributed by atoms with van der Waals surface area (Å²) in [6.45, 7) is 4.78. The predicted molar refractivity (Wildman–Crippen MR) is 195 cm³/mol. The lowest BCUT2D eigenvalue weighted by Crippen LogP contribution is -2.24. The maximum Gasteiger partial charge on any atom is 0.160 e. The Balaban J connectivity index is 1.09. The zero-order valence-electron chi connectivity index (χ0n) is 26.2. The predicted octanol–water partition coefficient (Wildman–Crippen LogP) is 11.3. The molecule has 4 heteroatoms. The van der Waals surface area contributed by atoms with Gasteiger partial charge in [0.25, 0.3) is 0 Å². The van der Waals surface area contributed by atoms with Crippen LogP contribution in [0.2, 0.25) is 0 Å². The van der Waals surface area contributed by atoms with Gasteiger partial charge < -0.3 is 4.90 Å². The Bertz CT molecular complexity index is 2400. The number of hydrogen-bond donors (Lipinski definition) is 0. The molecule has 2 unspecified atom stereocenters. The zero-order valence-corrected chi connectivity index (χ0v) is 27.0. The number of para-hydroxylation sites is 2. The Hall–Kier alpha value is -5.32. The molecular weight excluding hydrogens is 591 g/mol. The van der Waals surface area contributed by atoms with Crippen LogP contribution in [0.1, 0.15) is 52.9 Å². The molecule has 0 amide bonds. The first-order chi connectivity index (χ1) is 23.1. The van der Waals surface area contributed by atoms with E-state index in [0.717, 1.165) is 33.5 Å². The summed E-state index contributed by atoms with van der Waals surface area (Å²) < 4.78 is 0. The molecule has 0 N–H and O–H groups in total. The third-order valence-corrected chi connectivity index (χ3v) is 11.7. The van der Waals surface area contributed by atoms with E-state index in [2.05, 4.69) is 146 Å². The van der Waals surface area contributed by atoms with Gasteiger partial charge in [-0.25, -0.2) is 9.97 Å². The molecule has 3 nitrogen and oxygen atoms in total. The molecule has 0 fully saturated rings. The minimum atomic E-state index is -0.0242. The average Bonchev–Trinajstić information content (AvgIpc) is 3.75. The van der Waals surface area contributed by atoms with Crippen LogP contribution in [0.15, 0.2) is 133 Å². The molecule has 2 aliphatic carbocycles. The molecule has 224 valence electrons. The Morgan fingerprint density at radius 1 is 0.702 bits per heavy atom. The third kappa shape index (κ3) is 3.79. The van der Waals surface area contributed by atoms with Crippen LogP contribution in [-0.4, -0.2) is 9.97 Å². The minimum absolute atomic E-state index is 0.0242. The van der Waals surface area contributed by atoms with Crippen LogP contribution < -0.4 is 4.90 Å². The number of hydrogen-bond acceptors (Lipinski definition) is 4. The van der Waals surface area contributed by atoms with Gasteiger partial charge in [0.15, 0.2) is 5.82 Å². The van der Waals surface area contributed by atoms with Crippen LogP contribution in [0.3, 0.4) is 0 Å². The molecule has 0 saturated heterocycles. The van der Waals surface area contributed by atoms with Crippen LogP contribution in [0, 0.1) is 0 Å². The van der Waals surface area contributed by atoms with Crippen molar-refractivity contribution in [1.82, 2.24) is 9.97 Å². The van der Waals surface area contributed by atoms with Gasteiger partial charge in [-0.3, -0.25) is 0 Å². The molecule has 7 aromatic rings. The fraction of sp³-hybridized carbons (Fsp3) is 0.116. The first kappa shape index (κ1) is 26.9. The molecule has 0 spiro atoms. The maximum atomic E-state index is 5.13. The lowest BCUT2D eigenvalue weighted by molar-refractivity contribution is 0.647. The van der Waals surface area contributed by atoms with E-state index in [0.29, 0.717) is 5.92 Å². The normalized spacial score (nSPS) is 18.0. The van der Waals surface area contributed by atoms with Crippen molar-refractivity contribution in [2.45, 2.75) is 31.2 Å². The molecule has 0 radical (unpaired) electrons. The van der Waals surface area contributed by atoms with Gasteiger partial charge in [0.2, 0.25) is 0 Å². The Morgan fingerprint density at radius 3 is 2.32 bits per heavy atom. The van der Waals surface area contributed by atoms with Crippen molar-refractivity contribution in [3.05, 3.63) is 161 Å². The molecule has 10 rings (SSSR count). The van der Waals surface area contributed by atoms with Crippen molar-refractivity contribution in [3.8, 4) is 33.1 Å². The van der Waals surface area contributed by atoms with Crippen molar-refractivity contribution in [2.75, 3.05) is 4.90 Å². The maximum absolute atomic E-state index is 5.13. The SMILES string of the molecule is CC1(C)c2ccccc2-c2sc3c(c21)C=CC1c2ccccc2N(c2ccc(-c4nc(-c5ccccc5)c5ccccc5n4)cc2)C31. The van der Waals surface area contributed by atoms with Gasteiger partial charge in [-0.05, 0) is 64.2 Å². The molecule has 1 aliphatic heterocycles. The summed E-state index contributed by atoms with van der Waals surface area (Å²) in [5, 5.41) is 1.06. The van der Waals surface area contributed by atoms with E-state index in [1.165, 1.54) is 48.9 Å². The van der Waals surface area contributed by atoms with Crippen molar-refractivity contribution in [1.29, 1.82) is 0 Å². The van der Waals surface area contributed by atoms with E-state index in [1.807, 2.05) is 23.5 Å². The van der Waals surface area contributed by atoms with Crippen LogP contribution >= 0.6 is 11.3 Å². The topological polar surface area (TPSA) is 29.0 Å². The van der Waals surface area contributed by atoms with Gasteiger partial charge >= 0.3 is 0 Å². The summed E-state index contributed by atoms with van der Waals surface area (Å²) in [6, 6.07) is 45.7. The highest BCUT2D eigenvalue weighted by molar-refractivity contribution is 7.16. The van der Waals surface area contributed by atoms with Gasteiger partial charge in [0.1, 0.15) is 0 Å². The fourth-order valence-electron chi connectivity index (χ4n) is 8.27. The highest BCUT2D eigenvalue weighted by atomic mass is 32.1.